The number of carbonyl (C=O) groups is 1. The molecular formula is C22H26N2O5. The molecule has 2 saturated heterocycles. The fourth-order valence-corrected chi connectivity index (χ4v) is 4.55. The van der Waals surface area contributed by atoms with Gasteiger partial charge < -0.3 is 23.8 Å². The quantitative estimate of drug-likeness (QED) is 0.744. The summed E-state index contributed by atoms with van der Waals surface area (Å²) in [6, 6.07) is 9.44. The van der Waals surface area contributed by atoms with E-state index in [2.05, 4.69) is 4.98 Å². The molecule has 2 fully saturated rings. The number of ether oxygens (including phenoxy) is 4. The van der Waals surface area contributed by atoms with Crippen molar-refractivity contribution in [2.24, 2.45) is 0 Å². The Labute approximate surface area is 170 Å². The third-order valence-electron chi connectivity index (χ3n) is 5.78. The fraction of sp³-hybridized carbons (Fsp3) is 0.455. The van der Waals surface area contributed by atoms with E-state index in [0.29, 0.717) is 28.7 Å². The Morgan fingerprint density at radius 1 is 0.966 bits per heavy atom. The second-order valence-corrected chi connectivity index (χ2v) is 7.36. The summed E-state index contributed by atoms with van der Waals surface area (Å²) in [5, 5.41) is 0. The molecule has 2 atom stereocenters. The lowest BCUT2D eigenvalue weighted by molar-refractivity contribution is 0.0345. The molecule has 0 saturated carbocycles. The van der Waals surface area contributed by atoms with Crippen molar-refractivity contribution in [2.45, 2.75) is 43.9 Å². The highest BCUT2D eigenvalue weighted by atomic mass is 16.5. The van der Waals surface area contributed by atoms with E-state index in [4.69, 9.17) is 18.9 Å². The molecule has 2 aromatic rings. The highest BCUT2D eigenvalue weighted by Crippen LogP contribution is 2.43. The minimum atomic E-state index is -0.0356. The minimum Gasteiger partial charge on any atom is -0.493 e. The normalized spacial score (nSPS) is 22.9. The van der Waals surface area contributed by atoms with Crippen LogP contribution in [-0.2, 0) is 0 Å². The van der Waals surface area contributed by atoms with E-state index in [9.17, 15) is 4.79 Å². The first kappa shape index (κ1) is 19.4. The van der Waals surface area contributed by atoms with Crippen LogP contribution in [0.4, 0.5) is 0 Å². The van der Waals surface area contributed by atoms with Crippen molar-refractivity contribution >= 4 is 5.91 Å². The van der Waals surface area contributed by atoms with Gasteiger partial charge in [0.05, 0.1) is 26.9 Å². The van der Waals surface area contributed by atoms with Crippen molar-refractivity contribution in [1.29, 1.82) is 0 Å². The summed E-state index contributed by atoms with van der Waals surface area (Å²) in [7, 11) is 4.64. The van der Waals surface area contributed by atoms with E-state index in [-0.39, 0.29) is 24.1 Å². The van der Waals surface area contributed by atoms with Gasteiger partial charge in [0.1, 0.15) is 6.10 Å². The van der Waals surface area contributed by atoms with Crippen molar-refractivity contribution in [3.63, 3.8) is 0 Å². The van der Waals surface area contributed by atoms with Gasteiger partial charge in [0.15, 0.2) is 11.5 Å². The van der Waals surface area contributed by atoms with Gasteiger partial charge in [0.2, 0.25) is 11.6 Å². The number of amides is 1. The second-order valence-electron chi connectivity index (χ2n) is 7.36. The lowest BCUT2D eigenvalue weighted by atomic mass is 9.98. The zero-order chi connectivity index (χ0) is 20.4. The summed E-state index contributed by atoms with van der Waals surface area (Å²) in [5.41, 5.74) is 0.492. The van der Waals surface area contributed by atoms with Gasteiger partial charge in [-0.05, 0) is 31.0 Å². The molecular weight excluding hydrogens is 372 g/mol. The predicted octanol–water partition coefficient (Wildman–Crippen LogP) is 3.32. The van der Waals surface area contributed by atoms with Crippen LogP contribution in [0.5, 0.6) is 23.1 Å². The highest BCUT2D eigenvalue weighted by molar-refractivity contribution is 5.99. The molecule has 0 radical (unpaired) electrons. The van der Waals surface area contributed by atoms with Gasteiger partial charge in [-0.1, -0.05) is 6.07 Å². The van der Waals surface area contributed by atoms with Crippen LogP contribution >= 0.6 is 0 Å². The summed E-state index contributed by atoms with van der Waals surface area (Å²) in [6.07, 6.45) is 5.36. The number of fused-ring (bicyclic) bond motifs is 2. The van der Waals surface area contributed by atoms with Crippen molar-refractivity contribution in [3.05, 3.63) is 42.1 Å². The average molecular weight is 398 g/mol. The number of rotatable bonds is 6. The molecule has 2 bridgehead atoms. The topological polar surface area (TPSA) is 70.1 Å². The molecule has 0 aliphatic carbocycles. The van der Waals surface area contributed by atoms with Crippen LogP contribution in [0.25, 0.3) is 0 Å². The molecule has 0 spiro atoms. The third kappa shape index (κ3) is 3.57. The lowest BCUT2D eigenvalue weighted by Crippen LogP contribution is -2.49. The minimum absolute atomic E-state index is 0.0356. The lowest BCUT2D eigenvalue weighted by Gasteiger charge is -2.39. The maximum atomic E-state index is 13.5. The van der Waals surface area contributed by atoms with E-state index in [1.807, 2.05) is 23.1 Å². The Morgan fingerprint density at radius 2 is 1.69 bits per heavy atom. The van der Waals surface area contributed by atoms with E-state index in [1.54, 1.807) is 32.5 Å². The number of piperidine rings is 1. The van der Waals surface area contributed by atoms with Crippen LogP contribution in [0.1, 0.15) is 36.0 Å². The van der Waals surface area contributed by atoms with Crippen LogP contribution in [-0.4, -0.2) is 55.3 Å². The molecule has 2 aliphatic rings. The van der Waals surface area contributed by atoms with Gasteiger partial charge in [0, 0.05) is 37.2 Å². The van der Waals surface area contributed by atoms with Gasteiger partial charge in [0.25, 0.3) is 5.91 Å². The van der Waals surface area contributed by atoms with Crippen LogP contribution in [0.15, 0.2) is 36.5 Å². The number of carbonyl (C=O) groups excluding carboxylic acids is 1. The number of pyridine rings is 1. The Morgan fingerprint density at radius 3 is 2.28 bits per heavy atom. The summed E-state index contributed by atoms with van der Waals surface area (Å²) in [6.45, 7) is 0. The fourth-order valence-electron chi connectivity index (χ4n) is 4.55. The maximum absolute atomic E-state index is 13.5. The molecule has 154 valence electrons. The van der Waals surface area contributed by atoms with Gasteiger partial charge in [-0.2, -0.15) is 0 Å². The SMILES string of the molecule is COc1ccc(C(=O)N2C3CCC2CC(Oc2ccccn2)C3)c(OC)c1OC. The summed E-state index contributed by atoms with van der Waals surface area (Å²) >= 11 is 0. The van der Waals surface area contributed by atoms with E-state index < -0.39 is 0 Å². The Hall–Kier alpha value is -2.96. The number of nitrogens with zero attached hydrogens (tertiary/aromatic N) is 2. The monoisotopic (exact) mass is 398 g/mol. The van der Waals surface area contributed by atoms with Crippen molar-refractivity contribution in [1.82, 2.24) is 9.88 Å². The van der Waals surface area contributed by atoms with Crippen LogP contribution in [0.3, 0.4) is 0 Å². The molecule has 1 aromatic carbocycles. The maximum Gasteiger partial charge on any atom is 0.258 e. The van der Waals surface area contributed by atoms with Crippen LogP contribution in [0, 0.1) is 0 Å². The van der Waals surface area contributed by atoms with Gasteiger partial charge in [-0.15, -0.1) is 0 Å². The van der Waals surface area contributed by atoms with Gasteiger partial charge in [-0.3, -0.25) is 4.79 Å². The third-order valence-corrected chi connectivity index (χ3v) is 5.78. The first-order valence-corrected chi connectivity index (χ1v) is 9.85. The van der Waals surface area contributed by atoms with E-state index in [1.165, 1.54) is 7.11 Å². The predicted molar refractivity (Wildman–Crippen MR) is 107 cm³/mol. The molecule has 2 unspecified atom stereocenters. The molecule has 0 N–H and O–H groups in total. The molecule has 4 rings (SSSR count). The Bertz CT molecular complexity index is 859. The summed E-state index contributed by atoms with van der Waals surface area (Å²) in [5.74, 6) is 1.97. The zero-order valence-electron chi connectivity index (χ0n) is 17.0. The molecule has 1 amide bonds. The Balaban J connectivity index is 1.55. The van der Waals surface area contributed by atoms with Crippen molar-refractivity contribution < 1.29 is 23.7 Å². The van der Waals surface area contributed by atoms with E-state index >= 15 is 0 Å². The average Bonchev–Trinajstić information content (AvgIpc) is 3.03. The van der Waals surface area contributed by atoms with Crippen molar-refractivity contribution in [3.8, 4) is 23.1 Å². The van der Waals surface area contributed by atoms with Gasteiger partial charge >= 0.3 is 0 Å². The smallest absolute Gasteiger partial charge is 0.258 e. The van der Waals surface area contributed by atoms with Crippen LogP contribution < -0.4 is 18.9 Å². The molecule has 3 heterocycles. The summed E-state index contributed by atoms with van der Waals surface area (Å²) < 4.78 is 22.4. The number of aromatic nitrogens is 1. The van der Waals surface area contributed by atoms with Gasteiger partial charge in [-0.25, -0.2) is 4.98 Å². The standard InChI is InChI=1S/C22H26N2O5/c1-26-18-10-9-17(20(27-2)21(18)28-3)22(25)24-14-7-8-15(24)13-16(12-14)29-19-6-4-5-11-23-19/h4-6,9-11,14-16H,7-8,12-13H2,1-3H3. The van der Waals surface area contributed by atoms with Crippen molar-refractivity contribution in [2.75, 3.05) is 21.3 Å². The first-order chi connectivity index (χ1) is 14.2. The zero-order valence-corrected chi connectivity index (χ0v) is 17.0. The number of benzene rings is 1. The molecule has 29 heavy (non-hydrogen) atoms. The van der Waals surface area contributed by atoms with E-state index in [0.717, 1.165) is 25.7 Å². The number of methoxy groups -OCH3 is 3. The molecule has 7 heteroatoms. The molecule has 2 aliphatic heterocycles. The number of hydrogen-bond donors (Lipinski definition) is 0. The second kappa shape index (κ2) is 8.19. The number of hydrogen-bond acceptors (Lipinski definition) is 6. The summed E-state index contributed by atoms with van der Waals surface area (Å²) in [4.78, 5) is 19.7. The highest BCUT2D eigenvalue weighted by Gasteiger charge is 2.45. The van der Waals surface area contributed by atoms with Crippen LogP contribution in [0.2, 0.25) is 0 Å². The first-order valence-electron chi connectivity index (χ1n) is 9.85. The largest absolute Gasteiger partial charge is 0.493 e. The molecule has 1 aromatic heterocycles. The molecule has 7 nitrogen and oxygen atoms in total. The Kier molecular flexibility index (Phi) is 5.47.